The van der Waals surface area contributed by atoms with Gasteiger partial charge in [0.1, 0.15) is 5.75 Å². The fourth-order valence-electron chi connectivity index (χ4n) is 1.85. The van der Waals surface area contributed by atoms with Crippen molar-refractivity contribution in [1.29, 1.82) is 0 Å². The van der Waals surface area contributed by atoms with E-state index in [9.17, 15) is 0 Å². The molecule has 2 atom stereocenters. The fourth-order valence-corrected chi connectivity index (χ4v) is 2.11. The molecule has 0 spiro atoms. The van der Waals surface area contributed by atoms with Crippen LogP contribution >= 0.6 is 11.6 Å². The van der Waals surface area contributed by atoms with Gasteiger partial charge in [-0.05, 0) is 37.3 Å². The van der Waals surface area contributed by atoms with Crippen LogP contribution in [0.4, 0.5) is 0 Å². The van der Waals surface area contributed by atoms with Gasteiger partial charge in [-0.25, -0.2) is 0 Å². The number of alkyl halides is 1. The second-order valence-corrected chi connectivity index (χ2v) is 5.05. The Bertz CT molecular complexity index is 309. The second-order valence-electron chi connectivity index (χ2n) is 4.30. The summed E-state index contributed by atoms with van der Waals surface area (Å²) in [5, 5.41) is 0.203. The van der Waals surface area contributed by atoms with Gasteiger partial charge in [0, 0.05) is 5.38 Å². The molecule has 0 saturated carbocycles. The maximum Gasteiger partial charge on any atom is 0.122 e. The summed E-state index contributed by atoms with van der Waals surface area (Å²) >= 11 is 6.04. The summed E-state index contributed by atoms with van der Waals surface area (Å²) in [4.78, 5) is 0. The van der Waals surface area contributed by atoms with E-state index in [1.807, 2.05) is 19.1 Å². The van der Waals surface area contributed by atoms with Gasteiger partial charge in [0.25, 0.3) is 0 Å². The monoisotopic (exact) mass is 240 g/mol. The molecule has 0 saturated heterocycles. The Balaban J connectivity index is 2.76. The first-order chi connectivity index (χ1) is 7.65. The van der Waals surface area contributed by atoms with E-state index in [0.717, 1.165) is 25.2 Å². The van der Waals surface area contributed by atoms with Gasteiger partial charge in [0.15, 0.2) is 0 Å². The van der Waals surface area contributed by atoms with Gasteiger partial charge in [-0.2, -0.15) is 0 Å². The van der Waals surface area contributed by atoms with Crippen molar-refractivity contribution < 1.29 is 4.74 Å². The summed E-state index contributed by atoms with van der Waals surface area (Å²) in [6.07, 6.45) is 2.02. The first-order valence-electron chi connectivity index (χ1n) is 6.01. The highest BCUT2D eigenvalue weighted by Gasteiger charge is 2.13. The molecule has 90 valence electrons. The van der Waals surface area contributed by atoms with E-state index in [1.54, 1.807) is 0 Å². The van der Waals surface area contributed by atoms with Crippen LogP contribution in [0.2, 0.25) is 0 Å². The molecule has 1 rings (SSSR count). The molecule has 0 aromatic heterocycles. The van der Waals surface area contributed by atoms with Crippen LogP contribution in [0.3, 0.4) is 0 Å². The third-order valence-electron chi connectivity index (χ3n) is 2.59. The lowest BCUT2D eigenvalue weighted by molar-refractivity contribution is 0.312. The number of hydrogen-bond donors (Lipinski definition) is 0. The summed E-state index contributed by atoms with van der Waals surface area (Å²) < 4.78 is 5.75. The van der Waals surface area contributed by atoms with Crippen LogP contribution in [0.5, 0.6) is 5.75 Å². The molecule has 0 N–H and O–H groups in total. The lowest BCUT2D eigenvalue weighted by Crippen LogP contribution is -2.04. The Morgan fingerprint density at radius 2 is 1.94 bits per heavy atom. The zero-order valence-corrected chi connectivity index (χ0v) is 11.1. The Hall–Kier alpha value is -0.690. The third kappa shape index (κ3) is 4.05. The molecule has 1 aromatic carbocycles. The fraction of sp³-hybridized carbons (Fsp3) is 0.571. The molecule has 1 nitrogen and oxygen atoms in total. The van der Waals surface area contributed by atoms with E-state index in [2.05, 4.69) is 26.0 Å². The maximum atomic E-state index is 6.04. The van der Waals surface area contributed by atoms with Gasteiger partial charge in [0.05, 0.1) is 6.61 Å². The summed E-state index contributed by atoms with van der Waals surface area (Å²) in [5.41, 5.74) is 1.27. The molecular weight excluding hydrogens is 220 g/mol. The summed E-state index contributed by atoms with van der Waals surface area (Å²) in [6.45, 7) is 7.13. The van der Waals surface area contributed by atoms with Crippen molar-refractivity contribution in [3.63, 3.8) is 0 Å². The van der Waals surface area contributed by atoms with Crippen LogP contribution in [0, 0.1) is 0 Å². The van der Waals surface area contributed by atoms with Crippen LogP contribution in [-0.2, 0) is 0 Å². The van der Waals surface area contributed by atoms with E-state index in [1.165, 1.54) is 5.56 Å². The number of ether oxygens (including phenoxy) is 1. The van der Waals surface area contributed by atoms with Crippen molar-refractivity contribution in [1.82, 2.24) is 0 Å². The van der Waals surface area contributed by atoms with E-state index in [4.69, 9.17) is 16.3 Å². The van der Waals surface area contributed by atoms with Crippen molar-refractivity contribution >= 4 is 11.6 Å². The second kappa shape index (κ2) is 6.80. The van der Waals surface area contributed by atoms with Crippen molar-refractivity contribution in [2.24, 2.45) is 0 Å². The van der Waals surface area contributed by atoms with Crippen LogP contribution in [0.25, 0.3) is 0 Å². The van der Waals surface area contributed by atoms with Gasteiger partial charge in [-0.15, -0.1) is 11.6 Å². The Labute approximate surface area is 104 Å². The highest BCUT2D eigenvalue weighted by Crippen LogP contribution is 2.30. The number of para-hydroxylation sites is 1. The molecular formula is C14H21ClO. The molecule has 0 amide bonds. The lowest BCUT2D eigenvalue weighted by Gasteiger charge is -2.17. The van der Waals surface area contributed by atoms with E-state index < -0.39 is 0 Å². The molecule has 0 bridgehead atoms. The quantitative estimate of drug-likeness (QED) is 0.661. The minimum absolute atomic E-state index is 0.203. The average Bonchev–Trinajstić information content (AvgIpc) is 2.25. The van der Waals surface area contributed by atoms with Crippen LogP contribution < -0.4 is 4.74 Å². The number of benzene rings is 1. The Morgan fingerprint density at radius 3 is 2.56 bits per heavy atom. The smallest absolute Gasteiger partial charge is 0.122 e. The normalized spacial score (nSPS) is 14.5. The predicted molar refractivity (Wildman–Crippen MR) is 70.6 cm³/mol. The topological polar surface area (TPSA) is 9.23 Å². The molecule has 0 aliphatic rings. The largest absolute Gasteiger partial charge is 0.493 e. The van der Waals surface area contributed by atoms with Crippen LogP contribution in [0.15, 0.2) is 24.3 Å². The molecule has 2 unspecified atom stereocenters. The van der Waals surface area contributed by atoms with Gasteiger partial charge < -0.3 is 4.74 Å². The molecule has 0 aliphatic carbocycles. The van der Waals surface area contributed by atoms with Crippen molar-refractivity contribution in [2.75, 3.05) is 6.61 Å². The lowest BCUT2D eigenvalue weighted by atomic mass is 9.95. The molecule has 0 aliphatic heterocycles. The van der Waals surface area contributed by atoms with Crippen LogP contribution in [-0.4, -0.2) is 12.0 Å². The first-order valence-corrected chi connectivity index (χ1v) is 6.44. The molecule has 2 heteroatoms. The molecule has 1 aromatic rings. The summed E-state index contributed by atoms with van der Waals surface area (Å²) in [5.74, 6) is 1.45. The Kier molecular flexibility index (Phi) is 5.68. The molecule has 0 radical (unpaired) electrons. The minimum atomic E-state index is 0.203. The SMILES string of the molecule is CCCOc1ccccc1C(C)CC(C)Cl. The molecule has 0 heterocycles. The van der Waals surface area contributed by atoms with Crippen molar-refractivity contribution in [3.05, 3.63) is 29.8 Å². The number of rotatable bonds is 6. The van der Waals surface area contributed by atoms with Crippen LogP contribution in [0.1, 0.15) is 45.1 Å². The molecule has 0 fully saturated rings. The van der Waals surface area contributed by atoms with Crippen molar-refractivity contribution in [3.8, 4) is 5.75 Å². The van der Waals surface area contributed by atoms with Crippen molar-refractivity contribution in [2.45, 2.75) is 44.9 Å². The minimum Gasteiger partial charge on any atom is -0.493 e. The van der Waals surface area contributed by atoms with Gasteiger partial charge >= 0.3 is 0 Å². The van der Waals surface area contributed by atoms with E-state index >= 15 is 0 Å². The number of hydrogen-bond acceptors (Lipinski definition) is 1. The zero-order chi connectivity index (χ0) is 12.0. The average molecular weight is 241 g/mol. The first kappa shape index (κ1) is 13.4. The standard InChI is InChI=1S/C14H21ClO/c1-4-9-16-14-8-6-5-7-13(14)11(2)10-12(3)15/h5-8,11-12H,4,9-10H2,1-3H3. The highest BCUT2D eigenvalue weighted by molar-refractivity contribution is 6.20. The zero-order valence-electron chi connectivity index (χ0n) is 10.4. The van der Waals surface area contributed by atoms with Gasteiger partial charge in [-0.3, -0.25) is 0 Å². The van der Waals surface area contributed by atoms with E-state index in [0.29, 0.717) is 5.92 Å². The van der Waals surface area contributed by atoms with E-state index in [-0.39, 0.29) is 5.38 Å². The van der Waals surface area contributed by atoms with Gasteiger partial charge in [0.2, 0.25) is 0 Å². The maximum absolute atomic E-state index is 6.04. The highest BCUT2D eigenvalue weighted by atomic mass is 35.5. The predicted octanol–water partition coefficient (Wildman–Crippen LogP) is 4.60. The summed E-state index contributed by atoms with van der Waals surface area (Å²) in [6, 6.07) is 8.25. The molecule has 16 heavy (non-hydrogen) atoms. The third-order valence-corrected chi connectivity index (χ3v) is 2.77. The summed E-state index contributed by atoms with van der Waals surface area (Å²) in [7, 11) is 0. The van der Waals surface area contributed by atoms with Gasteiger partial charge in [-0.1, -0.05) is 32.0 Å². The Morgan fingerprint density at radius 1 is 1.25 bits per heavy atom. The number of halogens is 1.